The van der Waals surface area contributed by atoms with E-state index in [-0.39, 0.29) is 5.91 Å². The number of benzene rings is 1. The average Bonchev–Trinajstić information content (AvgIpc) is 3.09. The monoisotopic (exact) mass is 329 g/mol. The van der Waals surface area contributed by atoms with E-state index in [0.717, 1.165) is 31.5 Å². The van der Waals surface area contributed by atoms with E-state index in [9.17, 15) is 4.79 Å². The summed E-state index contributed by atoms with van der Waals surface area (Å²) in [6.45, 7) is 3.95. The van der Waals surface area contributed by atoms with Gasteiger partial charge in [-0.1, -0.05) is 24.2 Å². The van der Waals surface area contributed by atoms with Crippen molar-refractivity contribution in [1.29, 1.82) is 0 Å². The van der Waals surface area contributed by atoms with Crippen LogP contribution in [-0.2, 0) is 11.2 Å². The van der Waals surface area contributed by atoms with Crippen molar-refractivity contribution in [3.05, 3.63) is 30.2 Å². The zero-order valence-electron chi connectivity index (χ0n) is 14.2. The summed E-state index contributed by atoms with van der Waals surface area (Å²) in [4.78, 5) is 18.6. The average molecular weight is 329 g/mol. The second-order valence-corrected chi connectivity index (χ2v) is 6.28. The van der Waals surface area contributed by atoms with E-state index in [1.165, 1.54) is 0 Å². The van der Waals surface area contributed by atoms with Crippen molar-refractivity contribution in [2.75, 3.05) is 20.2 Å². The quantitative estimate of drug-likeness (QED) is 0.843. The summed E-state index contributed by atoms with van der Waals surface area (Å²) in [7, 11) is 1.61. The molecule has 1 aromatic heterocycles. The molecule has 3 rings (SSSR count). The third-order valence-electron chi connectivity index (χ3n) is 4.51. The van der Waals surface area contributed by atoms with Crippen molar-refractivity contribution in [3.8, 4) is 17.1 Å². The number of carbonyl (C=O) groups is 1. The molecular formula is C18H23N3O3. The van der Waals surface area contributed by atoms with Gasteiger partial charge in [0.15, 0.2) is 0 Å². The Hall–Kier alpha value is -2.37. The number of aromatic nitrogens is 2. The number of carbonyl (C=O) groups excluding carboxylic acids is 1. The molecule has 1 aromatic carbocycles. The lowest BCUT2D eigenvalue weighted by atomic mass is 9.99. The van der Waals surface area contributed by atoms with Crippen LogP contribution < -0.4 is 4.74 Å². The third kappa shape index (κ3) is 3.75. The highest BCUT2D eigenvalue weighted by Gasteiger charge is 2.21. The zero-order valence-corrected chi connectivity index (χ0v) is 14.2. The van der Waals surface area contributed by atoms with Crippen LogP contribution >= 0.6 is 0 Å². The van der Waals surface area contributed by atoms with Gasteiger partial charge in [0.1, 0.15) is 5.75 Å². The highest BCUT2D eigenvalue weighted by Crippen LogP contribution is 2.27. The van der Waals surface area contributed by atoms with Gasteiger partial charge in [0.25, 0.3) is 0 Å². The smallest absolute Gasteiger partial charge is 0.227 e. The fourth-order valence-electron chi connectivity index (χ4n) is 2.93. The Kier molecular flexibility index (Phi) is 5.13. The maximum Gasteiger partial charge on any atom is 0.227 e. The number of nitrogens with zero attached hydrogens (tertiary/aromatic N) is 3. The molecule has 0 aliphatic carbocycles. The molecule has 2 aromatic rings. The van der Waals surface area contributed by atoms with Crippen LogP contribution in [0.5, 0.6) is 5.75 Å². The molecule has 6 nitrogen and oxygen atoms in total. The molecule has 128 valence electrons. The predicted octanol–water partition coefficient (Wildman–Crippen LogP) is 2.94. The Morgan fingerprint density at radius 2 is 2.08 bits per heavy atom. The minimum Gasteiger partial charge on any atom is -0.496 e. The lowest BCUT2D eigenvalue weighted by Gasteiger charge is -2.30. The molecule has 6 heteroatoms. The van der Waals surface area contributed by atoms with Crippen molar-refractivity contribution in [2.24, 2.45) is 5.92 Å². The molecule has 0 N–H and O–H groups in total. The first-order chi connectivity index (χ1) is 11.7. The zero-order chi connectivity index (χ0) is 16.9. The van der Waals surface area contributed by atoms with Gasteiger partial charge in [-0.25, -0.2) is 0 Å². The number of para-hydroxylation sites is 1. The van der Waals surface area contributed by atoms with E-state index in [1.807, 2.05) is 29.2 Å². The van der Waals surface area contributed by atoms with Crippen molar-refractivity contribution >= 4 is 5.91 Å². The van der Waals surface area contributed by atoms with Gasteiger partial charge < -0.3 is 14.2 Å². The minimum absolute atomic E-state index is 0.166. The number of aryl methyl sites for hydroxylation is 1. The molecule has 2 heterocycles. The van der Waals surface area contributed by atoms with Crippen molar-refractivity contribution < 1.29 is 14.1 Å². The molecule has 0 bridgehead atoms. The van der Waals surface area contributed by atoms with Crippen LogP contribution in [0.4, 0.5) is 0 Å². The predicted molar refractivity (Wildman–Crippen MR) is 89.6 cm³/mol. The summed E-state index contributed by atoms with van der Waals surface area (Å²) in [6.07, 6.45) is 3.05. The van der Waals surface area contributed by atoms with E-state index in [0.29, 0.717) is 36.2 Å². The van der Waals surface area contributed by atoms with Crippen LogP contribution in [0.2, 0.25) is 0 Å². The third-order valence-corrected chi connectivity index (χ3v) is 4.51. The lowest BCUT2D eigenvalue weighted by Crippen LogP contribution is -2.38. The summed E-state index contributed by atoms with van der Waals surface area (Å²) in [5.74, 6) is 2.55. The Balaban J connectivity index is 1.59. The number of hydrogen-bond donors (Lipinski definition) is 0. The van der Waals surface area contributed by atoms with E-state index in [4.69, 9.17) is 9.26 Å². The number of likely N-dealkylation sites (tertiary alicyclic amines) is 1. The standard InChI is InChI=1S/C18H23N3O3/c1-13-9-11-21(12-10-13)17(22)8-7-16-19-18(20-24-16)14-5-3-4-6-15(14)23-2/h3-6,13H,7-12H2,1-2H3. The molecule has 1 fully saturated rings. The number of rotatable bonds is 5. The molecule has 0 spiro atoms. The summed E-state index contributed by atoms with van der Waals surface area (Å²) in [6, 6.07) is 7.52. The molecule has 0 radical (unpaired) electrons. The van der Waals surface area contributed by atoms with Gasteiger partial charge in [0, 0.05) is 25.9 Å². The second-order valence-electron chi connectivity index (χ2n) is 6.28. The van der Waals surface area contributed by atoms with Gasteiger partial charge in [-0.05, 0) is 30.9 Å². The molecule has 0 saturated carbocycles. The van der Waals surface area contributed by atoms with E-state index in [2.05, 4.69) is 17.1 Å². The Bertz CT molecular complexity index is 690. The molecule has 0 unspecified atom stereocenters. The minimum atomic E-state index is 0.166. The van der Waals surface area contributed by atoms with Gasteiger partial charge >= 0.3 is 0 Å². The van der Waals surface area contributed by atoms with E-state index < -0.39 is 0 Å². The van der Waals surface area contributed by atoms with Gasteiger partial charge in [-0.2, -0.15) is 4.98 Å². The van der Waals surface area contributed by atoms with Crippen LogP contribution in [0.15, 0.2) is 28.8 Å². The fourth-order valence-corrected chi connectivity index (χ4v) is 2.93. The second kappa shape index (κ2) is 7.47. The lowest BCUT2D eigenvalue weighted by molar-refractivity contribution is -0.132. The molecule has 0 atom stereocenters. The highest BCUT2D eigenvalue weighted by atomic mass is 16.5. The van der Waals surface area contributed by atoms with Crippen LogP contribution in [0, 0.1) is 5.92 Å². The van der Waals surface area contributed by atoms with Crippen LogP contribution in [0.3, 0.4) is 0 Å². The normalized spacial score (nSPS) is 15.5. The van der Waals surface area contributed by atoms with Crippen LogP contribution in [0.25, 0.3) is 11.4 Å². The summed E-state index contributed by atoms with van der Waals surface area (Å²) in [5.41, 5.74) is 0.784. The topological polar surface area (TPSA) is 68.5 Å². The first-order valence-electron chi connectivity index (χ1n) is 8.41. The largest absolute Gasteiger partial charge is 0.496 e. The van der Waals surface area contributed by atoms with Crippen LogP contribution in [-0.4, -0.2) is 41.1 Å². The van der Waals surface area contributed by atoms with E-state index in [1.54, 1.807) is 7.11 Å². The summed E-state index contributed by atoms with van der Waals surface area (Å²) in [5, 5.41) is 4.00. The van der Waals surface area contributed by atoms with Gasteiger partial charge in [0.2, 0.25) is 17.6 Å². The van der Waals surface area contributed by atoms with E-state index >= 15 is 0 Å². The molecule has 1 saturated heterocycles. The SMILES string of the molecule is COc1ccccc1-c1noc(CCC(=O)N2CCC(C)CC2)n1. The molecule has 24 heavy (non-hydrogen) atoms. The fraction of sp³-hybridized carbons (Fsp3) is 0.500. The Labute approximate surface area is 141 Å². The molecule has 1 amide bonds. The number of hydrogen-bond acceptors (Lipinski definition) is 5. The maximum absolute atomic E-state index is 12.3. The van der Waals surface area contributed by atoms with Gasteiger partial charge in [0.05, 0.1) is 12.7 Å². The van der Waals surface area contributed by atoms with Gasteiger partial charge in [-0.15, -0.1) is 0 Å². The Morgan fingerprint density at radius 3 is 2.83 bits per heavy atom. The van der Waals surface area contributed by atoms with Crippen molar-refractivity contribution in [3.63, 3.8) is 0 Å². The van der Waals surface area contributed by atoms with Crippen molar-refractivity contribution in [2.45, 2.75) is 32.6 Å². The molecule has 1 aliphatic heterocycles. The number of piperidine rings is 1. The van der Waals surface area contributed by atoms with Crippen LogP contribution in [0.1, 0.15) is 32.1 Å². The Morgan fingerprint density at radius 1 is 1.33 bits per heavy atom. The number of methoxy groups -OCH3 is 1. The van der Waals surface area contributed by atoms with Gasteiger partial charge in [-0.3, -0.25) is 4.79 Å². The molecule has 1 aliphatic rings. The highest BCUT2D eigenvalue weighted by molar-refractivity contribution is 5.76. The number of amides is 1. The summed E-state index contributed by atoms with van der Waals surface area (Å²) >= 11 is 0. The number of ether oxygens (including phenoxy) is 1. The van der Waals surface area contributed by atoms with Crippen molar-refractivity contribution in [1.82, 2.24) is 15.0 Å². The maximum atomic E-state index is 12.3. The molecular weight excluding hydrogens is 306 g/mol. The summed E-state index contributed by atoms with van der Waals surface area (Å²) < 4.78 is 10.6. The first kappa shape index (κ1) is 16.5. The first-order valence-corrected chi connectivity index (χ1v) is 8.41.